The number of nitro groups is 1. The Labute approximate surface area is 204 Å². The fourth-order valence-electron chi connectivity index (χ4n) is 4.56. The normalized spacial score (nSPS) is 17.0. The molecule has 4 aromatic carbocycles. The minimum absolute atomic E-state index is 0.00947. The molecule has 1 fully saturated rings. The zero-order valence-corrected chi connectivity index (χ0v) is 18.8. The van der Waals surface area contributed by atoms with Crippen LogP contribution in [0.3, 0.4) is 0 Å². The number of likely N-dealkylation sites (tertiary alicyclic amines) is 1. The van der Waals surface area contributed by atoms with E-state index in [2.05, 4.69) is 0 Å². The SMILES string of the molecule is O=C1C(=O)N(Cc2ccc(F)cc2)C(c2cccc3ccccc23)/C1=C(/O)c1cccc([N+](=O)[O-])c1. The van der Waals surface area contributed by atoms with Gasteiger partial charge in [0, 0.05) is 24.2 Å². The monoisotopic (exact) mass is 482 g/mol. The molecule has 1 aliphatic rings. The van der Waals surface area contributed by atoms with Crippen molar-refractivity contribution in [3.8, 4) is 0 Å². The number of nitrogens with zero attached hydrogens (tertiary/aromatic N) is 2. The molecule has 1 atom stereocenters. The summed E-state index contributed by atoms with van der Waals surface area (Å²) in [6.45, 7) is -0.00947. The van der Waals surface area contributed by atoms with Gasteiger partial charge in [-0.1, -0.05) is 66.7 Å². The van der Waals surface area contributed by atoms with Crippen molar-refractivity contribution < 1.29 is 24.0 Å². The minimum Gasteiger partial charge on any atom is -0.507 e. The molecule has 0 saturated carbocycles. The zero-order chi connectivity index (χ0) is 25.4. The molecule has 36 heavy (non-hydrogen) atoms. The van der Waals surface area contributed by atoms with Gasteiger partial charge in [0.25, 0.3) is 17.4 Å². The summed E-state index contributed by atoms with van der Waals surface area (Å²) in [5.41, 5.74) is 0.828. The number of Topliss-reactive ketones (excluding diaryl/α,β-unsaturated/α-hetero) is 1. The molecule has 4 aromatic rings. The number of nitro benzene ring substituents is 1. The van der Waals surface area contributed by atoms with Crippen molar-refractivity contribution >= 4 is 33.9 Å². The molecule has 5 rings (SSSR count). The summed E-state index contributed by atoms with van der Waals surface area (Å²) in [6, 6.07) is 22.8. The molecule has 1 heterocycles. The van der Waals surface area contributed by atoms with Crippen molar-refractivity contribution in [1.82, 2.24) is 4.90 Å². The van der Waals surface area contributed by atoms with E-state index in [0.29, 0.717) is 11.1 Å². The standard InChI is InChI=1S/C28H19FN2O5/c29-20-13-11-17(12-14-20)16-30-25(23-10-4-6-18-5-1-2-9-22(18)23)24(27(33)28(30)34)26(32)19-7-3-8-21(15-19)31(35)36/h1-15,25,32H,16H2/b26-24-. The van der Waals surface area contributed by atoms with E-state index in [4.69, 9.17) is 0 Å². The molecular weight excluding hydrogens is 463 g/mol. The van der Waals surface area contributed by atoms with Crippen molar-refractivity contribution in [3.05, 3.63) is 129 Å². The van der Waals surface area contributed by atoms with Crippen LogP contribution in [0.1, 0.15) is 22.7 Å². The first-order valence-corrected chi connectivity index (χ1v) is 11.1. The Morgan fingerprint density at radius 1 is 0.944 bits per heavy atom. The third-order valence-corrected chi connectivity index (χ3v) is 6.25. The van der Waals surface area contributed by atoms with Crippen molar-refractivity contribution in [2.24, 2.45) is 0 Å². The van der Waals surface area contributed by atoms with Gasteiger partial charge in [-0.2, -0.15) is 0 Å². The highest BCUT2D eigenvalue weighted by atomic mass is 19.1. The fraction of sp³-hybridized carbons (Fsp3) is 0.0714. The average molecular weight is 482 g/mol. The predicted molar refractivity (Wildman–Crippen MR) is 131 cm³/mol. The summed E-state index contributed by atoms with van der Waals surface area (Å²) >= 11 is 0. The maximum Gasteiger partial charge on any atom is 0.295 e. The van der Waals surface area contributed by atoms with E-state index < -0.39 is 34.2 Å². The number of hydrogen-bond donors (Lipinski definition) is 1. The molecule has 1 amide bonds. The lowest BCUT2D eigenvalue weighted by Crippen LogP contribution is -2.29. The Morgan fingerprint density at radius 2 is 1.64 bits per heavy atom. The first-order chi connectivity index (χ1) is 17.3. The van der Waals surface area contributed by atoms with E-state index in [9.17, 15) is 29.2 Å². The number of aliphatic hydroxyl groups excluding tert-OH is 1. The molecule has 1 unspecified atom stereocenters. The Bertz CT molecular complexity index is 1560. The van der Waals surface area contributed by atoms with E-state index in [1.165, 1.54) is 47.4 Å². The number of carbonyl (C=O) groups excluding carboxylic acids is 2. The van der Waals surface area contributed by atoms with Gasteiger partial charge in [-0.15, -0.1) is 0 Å². The number of halogens is 1. The van der Waals surface area contributed by atoms with Crippen molar-refractivity contribution in [2.45, 2.75) is 12.6 Å². The molecule has 8 heteroatoms. The van der Waals surface area contributed by atoms with Crippen LogP contribution >= 0.6 is 0 Å². The van der Waals surface area contributed by atoms with Gasteiger partial charge in [0.15, 0.2) is 0 Å². The molecule has 7 nitrogen and oxygen atoms in total. The first kappa shape index (κ1) is 22.9. The van der Waals surface area contributed by atoms with E-state index in [1.807, 2.05) is 30.3 Å². The summed E-state index contributed by atoms with van der Waals surface area (Å²) in [5, 5.41) is 24.2. The topological polar surface area (TPSA) is 101 Å². The lowest BCUT2D eigenvalue weighted by atomic mass is 9.91. The van der Waals surface area contributed by atoms with E-state index in [1.54, 1.807) is 12.1 Å². The molecule has 1 aliphatic heterocycles. The van der Waals surface area contributed by atoms with Crippen LogP contribution < -0.4 is 0 Å². The second kappa shape index (κ2) is 9.07. The molecule has 0 bridgehead atoms. The number of non-ortho nitro benzene ring substituents is 1. The lowest BCUT2D eigenvalue weighted by Gasteiger charge is -2.26. The minimum atomic E-state index is -0.972. The van der Waals surface area contributed by atoms with Crippen molar-refractivity contribution in [3.63, 3.8) is 0 Å². The maximum atomic E-state index is 13.5. The number of ketones is 1. The number of fused-ring (bicyclic) bond motifs is 1. The number of amides is 1. The van der Waals surface area contributed by atoms with Gasteiger partial charge in [-0.3, -0.25) is 19.7 Å². The van der Waals surface area contributed by atoms with Gasteiger partial charge in [-0.05, 0) is 34.0 Å². The van der Waals surface area contributed by atoms with Crippen molar-refractivity contribution in [2.75, 3.05) is 0 Å². The molecule has 0 spiro atoms. The maximum absolute atomic E-state index is 13.5. The number of carbonyl (C=O) groups is 2. The lowest BCUT2D eigenvalue weighted by molar-refractivity contribution is -0.384. The second-order valence-corrected chi connectivity index (χ2v) is 8.43. The quantitative estimate of drug-likeness (QED) is 0.133. The predicted octanol–water partition coefficient (Wildman–Crippen LogP) is 5.51. The van der Waals surface area contributed by atoms with Gasteiger partial charge in [-0.25, -0.2) is 4.39 Å². The van der Waals surface area contributed by atoms with Gasteiger partial charge in [0.05, 0.1) is 16.5 Å². The summed E-state index contributed by atoms with van der Waals surface area (Å²) in [5.74, 6) is -2.67. The Balaban J connectivity index is 1.73. The van der Waals surface area contributed by atoms with Crippen LogP contribution in [-0.2, 0) is 16.1 Å². The van der Waals surface area contributed by atoms with Gasteiger partial charge < -0.3 is 10.0 Å². The first-order valence-electron chi connectivity index (χ1n) is 11.1. The molecule has 1 N–H and O–H groups in total. The highest BCUT2D eigenvalue weighted by Crippen LogP contribution is 2.42. The van der Waals surface area contributed by atoms with E-state index in [-0.39, 0.29) is 23.4 Å². The number of aliphatic hydroxyl groups is 1. The van der Waals surface area contributed by atoms with Gasteiger partial charge in [0.2, 0.25) is 0 Å². The summed E-state index contributed by atoms with van der Waals surface area (Å²) in [6.07, 6.45) is 0. The Hall–Kier alpha value is -4.85. The van der Waals surface area contributed by atoms with Crippen LogP contribution in [0.15, 0.2) is 96.6 Å². The highest BCUT2D eigenvalue weighted by Gasteiger charge is 2.46. The van der Waals surface area contributed by atoms with Crippen LogP contribution in [-0.4, -0.2) is 26.6 Å². The highest BCUT2D eigenvalue weighted by molar-refractivity contribution is 6.46. The molecule has 1 saturated heterocycles. The summed E-state index contributed by atoms with van der Waals surface area (Å²) in [4.78, 5) is 38.6. The third-order valence-electron chi connectivity index (χ3n) is 6.25. The number of hydrogen-bond acceptors (Lipinski definition) is 5. The van der Waals surface area contributed by atoms with Gasteiger partial charge in [0.1, 0.15) is 11.6 Å². The largest absolute Gasteiger partial charge is 0.507 e. The molecular formula is C28H19FN2O5. The molecule has 178 valence electrons. The smallest absolute Gasteiger partial charge is 0.295 e. The van der Waals surface area contributed by atoms with E-state index >= 15 is 0 Å². The average Bonchev–Trinajstić information content (AvgIpc) is 3.14. The number of benzene rings is 4. The van der Waals surface area contributed by atoms with Crippen LogP contribution in [0.2, 0.25) is 0 Å². The Kier molecular flexibility index (Phi) is 5.77. The van der Waals surface area contributed by atoms with Crippen molar-refractivity contribution in [1.29, 1.82) is 0 Å². The zero-order valence-electron chi connectivity index (χ0n) is 18.8. The third kappa shape index (κ3) is 3.98. The van der Waals surface area contributed by atoms with E-state index in [0.717, 1.165) is 16.8 Å². The fourth-order valence-corrected chi connectivity index (χ4v) is 4.56. The summed E-state index contributed by atoms with van der Waals surface area (Å²) in [7, 11) is 0. The molecule has 0 aromatic heterocycles. The molecule has 0 radical (unpaired) electrons. The van der Waals surface area contributed by atoms with Gasteiger partial charge >= 0.3 is 0 Å². The van der Waals surface area contributed by atoms with Crippen LogP contribution in [0.25, 0.3) is 16.5 Å². The van der Waals surface area contributed by atoms with Crippen LogP contribution in [0, 0.1) is 15.9 Å². The van der Waals surface area contributed by atoms with Crippen LogP contribution in [0.5, 0.6) is 0 Å². The van der Waals surface area contributed by atoms with Crippen LogP contribution in [0.4, 0.5) is 10.1 Å². The number of rotatable bonds is 5. The Morgan fingerprint density at radius 3 is 2.39 bits per heavy atom. The summed E-state index contributed by atoms with van der Waals surface area (Å²) < 4.78 is 13.5. The second-order valence-electron chi connectivity index (χ2n) is 8.43. The molecule has 0 aliphatic carbocycles.